The number of ether oxygens (including phenoxy) is 1. The third-order valence-electron chi connectivity index (χ3n) is 5.97. The maximum absolute atomic E-state index is 10.7. The van der Waals surface area contributed by atoms with Crippen LogP contribution in [0.1, 0.15) is 43.2 Å². The molecule has 0 unspecified atom stereocenters. The topological polar surface area (TPSA) is 105 Å². The van der Waals surface area contributed by atoms with E-state index in [1.807, 2.05) is 12.1 Å². The lowest BCUT2D eigenvalue weighted by Crippen LogP contribution is -2.31. The number of thiophene rings is 1. The lowest BCUT2D eigenvalue weighted by Gasteiger charge is -2.17. The highest BCUT2D eigenvalue weighted by molar-refractivity contribution is 7.16. The van der Waals surface area contributed by atoms with Gasteiger partial charge in [-0.05, 0) is 37.8 Å². The van der Waals surface area contributed by atoms with E-state index in [1.54, 1.807) is 10.9 Å². The van der Waals surface area contributed by atoms with E-state index in [0.29, 0.717) is 29.4 Å². The zero-order chi connectivity index (χ0) is 20.7. The van der Waals surface area contributed by atoms with Crippen LogP contribution in [0.4, 0.5) is 5.82 Å². The second-order valence-electron chi connectivity index (χ2n) is 7.96. The maximum atomic E-state index is 10.7. The van der Waals surface area contributed by atoms with Crippen molar-refractivity contribution in [2.75, 3.05) is 5.32 Å². The van der Waals surface area contributed by atoms with Crippen LogP contribution in [0.2, 0.25) is 4.34 Å². The van der Waals surface area contributed by atoms with Crippen LogP contribution in [0.25, 0.3) is 11.2 Å². The molecule has 160 valence electrons. The minimum Gasteiger partial charge on any atom is -0.388 e. The summed E-state index contributed by atoms with van der Waals surface area (Å²) in [6.45, 7) is 0. The van der Waals surface area contributed by atoms with Gasteiger partial charge in [-0.1, -0.05) is 24.4 Å². The Morgan fingerprint density at radius 1 is 1.17 bits per heavy atom. The summed E-state index contributed by atoms with van der Waals surface area (Å²) in [4.78, 5) is 14.3. The first-order chi connectivity index (χ1) is 14.6. The van der Waals surface area contributed by atoms with Gasteiger partial charge >= 0.3 is 0 Å². The summed E-state index contributed by atoms with van der Waals surface area (Å²) in [6.07, 6.45) is 5.80. The van der Waals surface area contributed by atoms with Gasteiger partial charge in [0.1, 0.15) is 18.5 Å². The van der Waals surface area contributed by atoms with Gasteiger partial charge in [-0.3, -0.25) is 4.57 Å². The van der Waals surface area contributed by atoms with Gasteiger partial charge in [0.2, 0.25) is 0 Å². The third-order valence-corrected chi connectivity index (χ3v) is 7.26. The van der Waals surface area contributed by atoms with Gasteiger partial charge in [0.25, 0.3) is 0 Å². The quantitative estimate of drug-likeness (QED) is 0.530. The van der Waals surface area contributed by atoms with Crippen molar-refractivity contribution in [2.45, 2.75) is 69.1 Å². The first kappa shape index (κ1) is 20.1. The minimum atomic E-state index is -1.07. The molecule has 2 fully saturated rings. The van der Waals surface area contributed by atoms with Crippen LogP contribution < -0.4 is 5.32 Å². The Morgan fingerprint density at radius 3 is 2.77 bits per heavy atom. The van der Waals surface area contributed by atoms with Crippen molar-refractivity contribution < 1.29 is 14.9 Å². The highest BCUT2D eigenvalue weighted by atomic mass is 35.5. The van der Waals surface area contributed by atoms with E-state index < -0.39 is 24.5 Å². The number of hydrogen-bond donors (Lipinski definition) is 3. The maximum Gasteiger partial charge on any atom is 0.167 e. The van der Waals surface area contributed by atoms with Crippen molar-refractivity contribution in [3.63, 3.8) is 0 Å². The van der Waals surface area contributed by atoms with Crippen molar-refractivity contribution in [1.82, 2.24) is 19.5 Å². The van der Waals surface area contributed by atoms with E-state index in [2.05, 4.69) is 20.3 Å². The second kappa shape index (κ2) is 8.39. The van der Waals surface area contributed by atoms with Crippen molar-refractivity contribution in [2.24, 2.45) is 0 Å². The van der Waals surface area contributed by atoms with Gasteiger partial charge in [0.05, 0.1) is 16.8 Å². The normalized spacial score (nSPS) is 27.3. The summed E-state index contributed by atoms with van der Waals surface area (Å²) >= 11 is 7.51. The molecule has 4 atom stereocenters. The van der Waals surface area contributed by atoms with Gasteiger partial charge in [-0.15, -0.1) is 11.3 Å². The predicted octanol–water partition coefficient (Wildman–Crippen LogP) is 3.15. The molecule has 2 aliphatic rings. The number of anilines is 1. The number of fused-ring (bicyclic) bond motifs is 1. The molecule has 0 amide bonds. The molecule has 8 nitrogen and oxygen atoms in total. The number of hydrogen-bond acceptors (Lipinski definition) is 8. The molecular weight excluding hydrogens is 426 g/mol. The molecule has 3 aromatic heterocycles. The second-order valence-corrected chi connectivity index (χ2v) is 9.76. The fourth-order valence-electron chi connectivity index (χ4n) is 4.38. The van der Waals surface area contributed by atoms with E-state index in [1.165, 1.54) is 30.5 Å². The Labute approximate surface area is 182 Å². The Hall–Kier alpha value is -1.78. The highest BCUT2D eigenvalue weighted by Crippen LogP contribution is 2.35. The minimum absolute atomic E-state index is 0.401. The summed E-state index contributed by atoms with van der Waals surface area (Å²) in [7, 11) is 0. The number of imidazole rings is 1. The van der Waals surface area contributed by atoms with Crippen LogP contribution in [0, 0.1) is 0 Å². The van der Waals surface area contributed by atoms with Gasteiger partial charge < -0.3 is 20.3 Å². The molecule has 0 aromatic carbocycles. The van der Waals surface area contributed by atoms with Gasteiger partial charge in [-0.2, -0.15) is 0 Å². The van der Waals surface area contributed by atoms with Gasteiger partial charge in [-0.25, -0.2) is 15.0 Å². The molecule has 1 aliphatic carbocycles. The summed E-state index contributed by atoms with van der Waals surface area (Å²) in [5.41, 5.74) is 1.22. The average molecular weight is 450 g/mol. The van der Waals surface area contributed by atoms with Crippen LogP contribution in [-0.2, 0) is 11.2 Å². The predicted molar refractivity (Wildman–Crippen MR) is 115 cm³/mol. The molecule has 1 saturated carbocycles. The number of halogens is 1. The number of nitrogens with zero attached hydrogens (tertiary/aromatic N) is 4. The largest absolute Gasteiger partial charge is 0.388 e. The molecule has 10 heteroatoms. The Kier molecular flexibility index (Phi) is 5.63. The molecule has 30 heavy (non-hydrogen) atoms. The molecule has 1 aliphatic heterocycles. The lowest BCUT2D eigenvalue weighted by molar-refractivity contribution is -0.0367. The Bertz CT molecular complexity index is 1020. The van der Waals surface area contributed by atoms with Crippen LogP contribution in [0.5, 0.6) is 0 Å². The van der Waals surface area contributed by atoms with Gasteiger partial charge in [0, 0.05) is 10.9 Å². The average Bonchev–Trinajstić information content (AvgIpc) is 3.52. The molecule has 3 N–H and O–H groups in total. The SMILES string of the molecule is O[C@@H]1[C@@H](O)[C@@H](CCc2ccc(Cl)s2)O[C@H]1n1cnc2c(NC3CCCC3)ncnc21. The summed E-state index contributed by atoms with van der Waals surface area (Å²) in [5, 5.41) is 24.7. The van der Waals surface area contributed by atoms with E-state index in [-0.39, 0.29) is 0 Å². The van der Waals surface area contributed by atoms with Crippen LogP contribution >= 0.6 is 22.9 Å². The number of aryl methyl sites for hydroxylation is 1. The number of aliphatic hydroxyl groups excluding tert-OH is 2. The van der Waals surface area contributed by atoms with Crippen molar-refractivity contribution >= 4 is 39.9 Å². The van der Waals surface area contributed by atoms with E-state index in [0.717, 1.165) is 28.5 Å². The van der Waals surface area contributed by atoms with E-state index in [9.17, 15) is 10.2 Å². The lowest BCUT2D eigenvalue weighted by atomic mass is 10.1. The number of rotatable bonds is 6. The zero-order valence-electron chi connectivity index (χ0n) is 16.3. The van der Waals surface area contributed by atoms with Crippen LogP contribution in [0.3, 0.4) is 0 Å². The zero-order valence-corrected chi connectivity index (χ0v) is 17.9. The number of aromatic nitrogens is 4. The van der Waals surface area contributed by atoms with Crippen molar-refractivity contribution in [1.29, 1.82) is 0 Å². The number of aliphatic hydroxyl groups is 2. The molecule has 0 radical (unpaired) electrons. The molecular formula is C20H24ClN5O3S. The molecule has 0 spiro atoms. The molecule has 0 bridgehead atoms. The fraction of sp³-hybridized carbons (Fsp3) is 0.550. The highest BCUT2D eigenvalue weighted by Gasteiger charge is 2.44. The monoisotopic (exact) mass is 449 g/mol. The van der Waals surface area contributed by atoms with Crippen LogP contribution in [-0.4, -0.2) is 54.1 Å². The third kappa shape index (κ3) is 3.80. The molecule has 1 saturated heterocycles. The molecule has 3 aromatic rings. The Balaban J connectivity index is 1.34. The van der Waals surface area contributed by atoms with Crippen molar-refractivity contribution in [3.8, 4) is 0 Å². The smallest absolute Gasteiger partial charge is 0.167 e. The van der Waals surface area contributed by atoms with Gasteiger partial charge in [0.15, 0.2) is 23.2 Å². The number of nitrogens with one attached hydrogen (secondary N) is 1. The molecule has 4 heterocycles. The summed E-state index contributed by atoms with van der Waals surface area (Å²) < 4.78 is 8.48. The molecule has 5 rings (SSSR count). The fourth-order valence-corrected chi connectivity index (χ4v) is 5.48. The van der Waals surface area contributed by atoms with Crippen LogP contribution in [0.15, 0.2) is 24.8 Å². The Morgan fingerprint density at radius 2 is 2.00 bits per heavy atom. The van der Waals surface area contributed by atoms with E-state index >= 15 is 0 Å². The van der Waals surface area contributed by atoms with E-state index in [4.69, 9.17) is 16.3 Å². The first-order valence-electron chi connectivity index (χ1n) is 10.3. The van der Waals surface area contributed by atoms with Crippen molar-refractivity contribution in [3.05, 3.63) is 34.0 Å². The first-order valence-corrected chi connectivity index (χ1v) is 11.5. The standard InChI is InChI=1S/C20H24ClN5O3S/c21-14-8-6-12(30-14)5-7-13-16(27)17(28)20(29-13)26-10-24-15-18(22-9-23-19(15)26)25-11-3-1-2-4-11/h6,8-11,13,16-17,20,27-28H,1-5,7H2,(H,22,23,25)/t13-,16+,17-,20-/m1/s1. The summed E-state index contributed by atoms with van der Waals surface area (Å²) in [6, 6.07) is 4.24. The summed E-state index contributed by atoms with van der Waals surface area (Å²) in [5.74, 6) is 0.699.